The van der Waals surface area contributed by atoms with Gasteiger partial charge in [-0.25, -0.2) is 4.98 Å². The zero-order valence-electron chi connectivity index (χ0n) is 13.7. The van der Waals surface area contributed by atoms with Crippen LogP contribution in [0.1, 0.15) is 17.0 Å². The van der Waals surface area contributed by atoms with E-state index in [0.717, 1.165) is 16.6 Å². The highest BCUT2D eigenvalue weighted by Gasteiger charge is 2.11. The fraction of sp³-hybridized carbons (Fsp3) is 0.263. The van der Waals surface area contributed by atoms with Gasteiger partial charge in [0.15, 0.2) is 0 Å². The molecule has 124 valence electrons. The molecule has 2 N–H and O–H groups in total. The van der Waals surface area contributed by atoms with Gasteiger partial charge >= 0.3 is 0 Å². The number of para-hydroxylation sites is 1. The van der Waals surface area contributed by atoms with E-state index in [1.807, 2.05) is 49.4 Å². The molecule has 0 spiro atoms. The van der Waals surface area contributed by atoms with Crippen molar-refractivity contribution in [3.8, 4) is 0 Å². The summed E-state index contributed by atoms with van der Waals surface area (Å²) in [6.07, 6.45) is 0. The van der Waals surface area contributed by atoms with E-state index in [-0.39, 0.29) is 12.2 Å². The van der Waals surface area contributed by atoms with Crippen LogP contribution in [0, 0.1) is 6.92 Å². The summed E-state index contributed by atoms with van der Waals surface area (Å²) < 4.78 is 0. The van der Waals surface area contributed by atoms with Crippen LogP contribution in [0.25, 0.3) is 10.9 Å². The SMILES string of the molecule is Cc1cccc2c(=O)[nH]c(CN(CCO)Cc3ccccc3)nc12. The molecule has 0 bridgehead atoms. The average molecular weight is 323 g/mol. The highest BCUT2D eigenvalue weighted by molar-refractivity contribution is 5.80. The molecule has 0 atom stereocenters. The van der Waals surface area contributed by atoms with Gasteiger partial charge in [0.2, 0.25) is 0 Å². The molecule has 1 heterocycles. The maximum atomic E-state index is 12.3. The molecule has 3 rings (SSSR count). The Morgan fingerprint density at radius 3 is 2.62 bits per heavy atom. The van der Waals surface area contributed by atoms with Crippen LogP contribution in [-0.4, -0.2) is 33.1 Å². The number of nitrogens with one attached hydrogen (secondary N) is 1. The van der Waals surface area contributed by atoms with E-state index in [4.69, 9.17) is 0 Å². The lowest BCUT2D eigenvalue weighted by molar-refractivity contribution is 0.181. The standard InChI is InChI=1S/C19H21N3O2/c1-14-6-5-9-16-18(14)20-17(21-19(16)24)13-22(10-11-23)12-15-7-3-2-4-8-15/h2-9,23H,10-13H2,1H3,(H,20,21,24). The van der Waals surface area contributed by atoms with Crippen molar-refractivity contribution in [1.82, 2.24) is 14.9 Å². The summed E-state index contributed by atoms with van der Waals surface area (Å²) >= 11 is 0. The molecule has 0 radical (unpaired) electrons. The number of nitrogens with zero attached hydrogens (tertiary/aromatic N) is 2. The Balaban J connectivity index is 1.88. The number of rotatable bonds is 6. The predicted molar refractivity (Wildman–Crippen MR) is 94.7 cm³/mol. The quantitative estimate of drug-likeness (QED) is 0.730. The molecular formula is C19H21N3O2. The molecule has 24 heavy (non-hydrogen) atoms. The zero-order valence-corrected chi connectivity index (χ0v) is 13.7. The van der Waals surface area contributed by atoms with E-state index in [9.17, 15) is 9.90 Å². The van der Waals surface area contributed by atoms with Crippen LogP contribution in [0.5, 0.6) is 0 Å². The second-order valence-corrected chi connectivity index (χ2v) is 5.90. The molecule has 5 heteroatoms. The molecule has 5 nitrogen and oxygen atoms in total. The lowest BCUT2D eigenvalue weighted by Crippen LogP contribution is -2.28. The fourth-order valence-electron chi connectivity index (χ4n) is 2.84. The third-order valence-electron chi connectivity index (χ3n) is 4.03. The summed E-state index contributed by atoms with van der Waals surface area (Å²) in [6, 6.07) is 15.7. The lowest BCUT2D eigenvalue weighted by Gasteiger charge is -2.21. The van der Waals surface area contributed by atoms with Gasteiger partial charge in [-0.3, -0.25) is 9.69 Å². The van der Waals surface area contributed by atoms with Crippen molar-refractivity contribution in [3.63, 3.8) is 0 Å². The van der Waals surface area contributed by atoms with E-state index in [1.165, 1.54) is 0 Å². The van der Waals surface area contributed by atoms with Crippen LogP contribution in [0.15, 0.2) is 53.3 Å². The second-order valence-electron chi connectivity index (χ2n) is 5.90. The third kappa shape index (κ3) is 3.69. The predicted octanol–water partition coefficient (Wildman–Crippen LogP) is 2.23. The summed E-state index contributed by atoms with van der Waals surface area (Å²) in [5.74, 6) is 0.617. The molecular weight excluding hydrogens is 302 g/mol. The molecule has 0 fully saturated rings. The monoisotopic (exact) mass is 323 g/mol. The minimum absolute atomic E-state index is 0.0592. The number of aliphatic hydroxyl groups excluding tert-OH is 1. The Morgan fingerprint density at radius 2 is 1.88 bits per heavy atom. The highest BCUT2D eigenvalue weighted by Crippen LogP contribution is 2.13. The Bertz CT molecular complexity index is 875. The normalized spacial score (nSPS) is 11.3. The molecule has 0 amide bonds. The van der Waals surface area contributed by atoms with Crippen LogP contribution >= 0.6 is 0 Å². The number of hydrogen-bond donors (Lipinski definition) is 2. The maximum absolute atomic E-state index is 12.3. The van der Waals surface area contributed by atoms with Crippen molar-refractivity contribution in [2.24, 2.45) is 0 Å². The summed E-state index contributed by atoms with van der Waals surface area (Å²) in [4.78, 5) is 21.8. The smallest absolute Gasteiger partial charge is 0.258 e. The number of aliphatic hydroxyl groups is 1. The Kier molecular flexibility index (Phi) is 5.03. The van der Waals surface area contributed by atoms with Gasteiger partial charge < -0.3 is 10.1 Å². The van der Waals surface area contributed by atoms with Crippen molar-refractivity contribution < 1.29 is 5.11 Å². The lowest BCUT2D eigenvalue weighted by atomic mass is 10.1. The van der Waals surface area contributed by atoms with E-state index >= 15 is 0 Å². The molecule has 0 aliphatic carbocycles. The largest absolute Gasteiger partial charge is 0.395 e. The average Bonchev–Trinajstić information content (AvgIpc) is 2.57. The van der Waals surface area contributed by atoms with Crippen molar-refractivity contribution in [1.29, 1.82) is 0 Å². The van der Waals surface area contributed by atoms with Crippen LogP contribution in [0.2, 0.25) is 0 Å². The minimum Gasteiger partial charge on any atom is -0.395 e. The van der Waals surface area contributed by atoms with Gasteiger partial charge in [0.1, 0.15) is 5.82 Å². The van der Waals surface area contributed by atoms with Crippen LogP contribution in [-0.2, 0) is 13.1 Å². The van der Waals surface area contributed by atoms with E-state index in [1.54, 1.807) is 6.07 Å². The van der Waals surface area contributed by atoms with Crippen molar-refractivity contribution >= 4 is 10.9 Å². The van der Waals surface area contributed by atoms with E-state index < -0.39 is 0 Å². The number of aromatic nitrogens is 2. The van der Waals surface area contributed by atoms with Gasteiger partial charge in [0, 0.05) is 13.1 Å². The Morgan fingerprint density at radius 1 is 1.08 bits per heavy atom. The van der Waals surface area contributed by atoms with E-state index in [0.29, 0.717) is 30.8 Å². The van der Waals surface area contributed by atoms with Gasteiger partial charge in [-0.05, 0) is 24.1 Å². The van der Waals surface area contributed by atoms with Crippen LogP contribution in [0.3, 0.4) is 0 Å². The minimum atomic E-state index is -0.123. The van der Waals surface area contributed by atoms with Gasteiger partial charge in [0.05, 0.1) is 24.1 Å². The van der Waals surface area contributed by atoms with Crippen molar-refractivity contribution in [3.05, 3.63) is 75.8 Å². The molecule has 1 aromatic heterocycles. The molecule has 0 aliphatic rings. The number of aryl methyl sites for hydroxylation is 1. The second kappa shape index (κ2) is 7.38. The Hall–Kier alpha value is -2.50. The Labute approximate surface area is 140 Å². The first-order valence-corrected chi connectivity index (χ1v) is 8.03. The fourth-order valence-corrected chi connectivity index (χ4v) is 2.84. The number of aromatic amines is 1. The topological polar surface area (TPSA) is 69.2 Å². The molecule has 0 saturated heterocycles. The van der Waals surface area contributed by atoms with Crippen LogP contribution < -0.4 is 5.56 Å². The third-order valence-corrected chi connectivity index (χ3v) is 4.03. The highest BCUT2D eigenvalue weighted by atomic mass is 16.3. The van der Waals surface area contributed by atoms with Gasteiger partial charge in [-0.2, -0.15) is 0 Å². The van der Waals surface area contributed by atoms with Crippen molar-refractivity contribution in [2.45, 2.75) is 20.0 Å². The summed E-state index contributed by atoms with van der Waals surface area (Å²) in [7, 11) is 0. The summed E-state index contributed by atoms with van der Waals surface area (Å²) in [5.41, 5.74) is 2.75. The van der Waals surface area contributed by atoms with Crippen LogP contribution in [0.4, 0.5) is 0 Å². The molecule has 0 saturated carbocycles. The molecule has 0 unspecified atom stereocenters. The first-order chi connectivity index (χ1) is 11.7. The zero-order chi connectivity index (χ0) is 16.9. The molecule has 2 aromatic carbocycles. The number of hydrogen-bond acceptors (Lipinski definition) is 4. The van der Waals surface area contributed by atoms with Gasteiger partial charge in [-0.15, -0.1) is 0 Å². The number of benzene rings is 2. The molecule has 3 aromatic rings. The first kappa shape index (κ1) is 16.4. The maximum Gasteiger partial charge on any atom is 0.258 e. The number of fused-ring (bicyclic) bond motifs is 1. The van der Waals surface area contributed by atoms with Crippen molar-refractivity contribution in [2.75, 3.05) is 13.2 Å². The summed E-state index contributed by atoms with van der Waals surface area (Å²) in [5, 5.41) is 9.94. The van der Waals surface area contributed by atoms with Gasteiger partial charge in [0.25, 0.3) is 5.56 Å². The summed E-state index contributed by atoms with van der Waals surface area (Å²) in [6.45, 7) is 3.70. The van der Waals surface area contributed by atoms with E-state index in [2.05, 4.69) is 14.9 Å². The van der Waals surface area contributed by atoms with Gasteiger partial charge in [-0.1, -0.05) is 42.5 Å². The molecule has 0 aliphatic heterocycles. The first-order valence-electron chi connectivity index (χ1n) is 8.03. The number of H-pyrrole nitrogens is 1.